The van der Waals surface area contributed by atoms with Crippen LogP contribution in [0.15, 0.2) is 65.8 Å². The van der Waals surface area contributed by atoms with Crippen molar-refractivity contribution in [3.8, 4) is 11.5 Å². The highest BCUT2D eigenvalue weighted by atomic mass is 32.2. The second-order valence-corrected chi connectivity index (χ2v) is 6.95. The molecule has 0 atom stereocenters. The third-order valence-corrected chi connectivity index (χ3v) is 5.07. The molecular formula is C20H20N2O2S. The van der Waals surface area contributed by atoms with Gasteiger partial charge in [-0.25, -0.2) is 4.98 Å². The fourth-order valence-electron chi connectivity index (χ4n) is 2.79. The van der Waals surface area contributed by atoms with Gasteiger partial charge < -0.3 is 14.0 Å². The molecule has 2 heterocycles. The van der Waals surface area contributed by atoms with Crippen molar-refractivity contribution in [2.75, 3.05) is 13.2 Å². The molecule has 0 bridgehead atoms. The van der Waals surface area contributed by atoms with Crippen LogP contribution in [0.5, 0.6) is 11.5 Å². The van der Waals surface area contributed by atoms with E-state index < -0.39 is 0 Å². The summed E-state index contributed by atoms with van der Waals surface area (Å²) in [5, 5.41) is 0. The van der Waals surface area contributed by atoms with Gasteiger partial charge in [0.1, 0.15) is 5.82 Å². The Kier molecular flexibility index (Phi) is 4.93. The maximum Gasteiger partial charge on any atom is 0.162 e. The quantitative estimate of drug-likeness (QED) is 0.638. The number of nitrogens with zero attached hydrogens (tertiary/aromatic N) is 2. The van der Waals surface area contributed by atoms with Crippen molar-refractivity contribution in [1.29, 1.82) is 0 Å². The number of rotatable bonds is 5. The van der Waals surface area contributed by atoms with E-state index in [2.05, 4.69) is 45.9 Å². The first-order valence-electron chi connectivity index (χ1n) is 8.45. The van der Waals surface area contributed by atoms with Crippen LogP contribution in [-0.2, 0) is 12.3 Å². The Balaban J connectivity index is 1.44. The van der Waals surface area contributed by atoms with Crippen molar-refractivity contribution in [3.63, 3.8) is 0 Å². The number of benzene rings is 2. The minimum absolute atomic E-state index is 0.711. The molecule has 3 aromatic rings. The van der Waals surface area contributed by atoms with Crippen LogP contribution in [0.2, 0.25) is 0 Å². The number of aromatic nitrogens is 2. The fourth-order valence-corrected chi connectivity index (χ4v) is 3.68. The Morgan fingerprint density at radius 1 is 1.00 bits per heavy atom. The average molecular weight is 352 g/mol. The Morgan fingerprint density at radius 3 is 2.72 bits per heavy atom. The van der Waals surface area contributed by atoms with Gasteiger partial charge in [-0.2, -0.15) is 0 Å². The molecule has 0 N–H and O–H groups in total. The first kappa shape index (κ1) is 16.1. The maximum absolute atomic E-state index is 5.77. The van der Waals surface area contributed by atoms with Crippen molar-refractivity contribution < 1.29 is 9.47 Å². The normalized spacial score (nSPS) is 13.4. The molecular weight excluding hydrogens is 332 g/mol. The monoisotopic (exact) mass is 352 g/mol. The SMILES string of the molecule is c1ccc(Cn2ccnc2CSc2ccc3c(c2)OCCCO3)cc1. The lowest BCUT2D eigenvalue weighted by Crippen LogP contribution is -2.03. The third-order valence-electron chi connectivity index (χ3n) is 4.08. The molecule has 0 unspecified atom stereocenters. The summed E-state index contributed by atoms with van der Waals surface area (Å²) < 4.78 is 13.7. The number of imidazole rings is 1. The standard InChI is InChI=1S/C20H20N2O2S/c1-2-5-16(6-3-1)14-22-10-9-21-20(22)15-25-17-7-8-18-19(13-17)24-12-4-11-23-18/h1-3,5-10,13H,4,11-12,14-15H2. The summed E-state index contributed by atoms with van der Waals surface area (Å²) in [5.41, 5.74) is 1.28. The second kappa shape index (κ2) is 7.66. The number of fused-ring (bicyclic) bond motifs is 1. The van der Waals surface area contributed by atoms with Crippen molar-refractivity contribution in [2.45, 2.75) is 23.6 Å². The largest absolute Gasteiger partial charge is 0.490 e. The minimum Gasteiger partial charge on any atom is -0.490 e. The molecule has 4 nitrogen and oxygen atoms in total. The maximum atomic E-state index is 5.77. The highest BCUT2D eigenvalue weighted by Gasteiger charge is 2.11. The highest BCUT2D eigenvalue weighted by Crippen LogP contribution is 2.34. The summed E-state index contributed by atoms with van der Waals surface area (Å²) in [5.74, 6) is 3.57. The van der Waals surface area contributed by atoms with Gasteiger partial charge in [-0.15, -0.1) is 11.8 Å². The molecule has 25 heavy (non-hydrogen) atoms. The van der Waals surface area contributed by atoms with Crippen LogP contribution in [0.4, 0.5) is 0 Å². The molecule has 1 aliphatic heterocycles. The van der Waals surface area contributed by atoms with E-state index >= 15 is 0 Å². The first-order chi connectivity index (χ1) is 12.4. The molecule has 0 spiro atoms. The molecule has 1 aliphatic rings. The molecule has 0 aliphatic carbocycles. The third kappa shape index (κ3) is 3.99. The van der Waals surface area contributed by atoms with E-state index in [1.54, 1.807) is 11.8 Å². The van der Waals surface area contributed by atoms with Gasteiger partial charge in [-0.1, -0.05) is 30.3 Å². The summed E-state index contributed by atoms with van der Waals surface area (Å²) in [6, 6.07) is 16.6. The smallest absolute Gasteiger partial charge is 0.162 e. The van der Waals surface area contributed by atoms with Crippen molar-refractivity contribution in [2.24, 2.45) is 0 Å². The van der Waals surface area contributed by atoms with Crippen molar-refractivity contribution in [1.82, 2.24) is 9.55 Å². The van der Waals surface area contributed by atoms with Gasteiger partial charge in [0, 0.05) is 30.3 Å². The molecule has 128 valence electrons. The number of thioether (sulfide) groups is 1. The Labute approximate surface area is 151 Å². The van der Waals surface area contributed by atoms with Crippen molar-refractivity contribution >= 4 is 11.8 Å². The zero-order chi connectivity index (χ0) is 16.9. The molecule has 0 amide bonds. The van der Waals surface area contributed by atoms with E-state index in [0.29, 0.717) is 6.61 Å². The van der Waals surface area contributed by atoms with Gasteiger partial charge >= 0.3 is 0 Å². The molecule has 0 fully saturated rings. The Hall–Kier alpha value is -2.40. The van der Waals surface area contributed by atoms with Gasteiger partial charge in [-0.3, -0.25) is 0 Å². The minimum atomic E-state index is 0.711. The van der Waals surface area contributed by atoms with E-state index in [1.165, 1.54) is 10.5 Å². The van der Waals surface area contributed by atoms with Gasteiger partial charge in [0.15, 0.2) is 11.5 Å². The van der Waals surface area contributed by atoms with Crippen molar-refractivity contribution in [3.05, 3.63) is 72.3 Å². The van der Waals surface area contributed by atoms with Crippen LogP contribution in [0.3, 0.4) is 0 Å². The lowest BCUT2D eigenvalue weighted by atomic mass is 10.2. The molecule has 5 heteroatoms. The zero-order valence-electron chi connectivity index (χ0n) is 13.9. The Bertz CT molecular complexity index is 833. The van der Waals surface area contributed by atoms with Crippen LogP contribution in [0.1, 0.15) is 17.8 Å². The van der Waals surface area contributed by atoms with Crippen LogP contribution in [0, 0.1) is 0 Å². The number of hydrogen-bond acceptors (Lipinski definition) is 4. The lowest BCUT2D eigenvalue weighted by molar-refractivity contribution is 0.297. The van der Waals surface area contributed by atoms with Gasteiger partial charge in [-0.05, 0) is 23.8 Å². The van der Waals surface area contributed by atoms with Gasteiger partial charge in [0.25, 0.3) is 0 Å². The van der Waals surface area contributed by atoms with Crippen LogP contribution >= 0.6 is 11.8 Å². The van der Waals surface area contributed by atoms with E-state index in [-0.39, 0.29) is 0 Å². The fraction of sp³-hybridized carbons (Fsp3) is 0.250. The predicted octanol–water partition coefficient (Wildman–Crippen LogP) is 4.39. The number of ether oxygens (including phenoxy) is 2. The summed E-state index contributed by atoms with van der Waals surface area (Å²) >= 11 is 1.76. The second-order valence-electron chi connectivity index (χ2n) is 5.90. The Morgan fingerprint density at radius 2 is 1.84 bits per heavy atom. The molecule has 1 aromatic heterocycles. The van der Waals surface area contributed by atoms with Gasteiger partial charge in [0.2, 0.25) is 0 Å². The molecule has 0 saturated carbocycles. The zero-order valence-corrected chi connectivity index (χ0v) is 14.7. The summed E-state index contributed by atoms with van der Waals surface area (Å²) in [6.45, 7) is 2.27. The van der Waals surface area contributed by atoms with Crippen LogP contribution < -0.4 is 9.47 Å². The van der Waals surface area contributed by atoms with Crippen LogP contribution in [0.25, 0.3) is 0 Å². The molecule has 0 saturated heterocycles. The van der Waals surface area contributed by atoms with Crippen LogP contribution in [-0.4, -0.2) is 22.8 Å². The van der Waals surface area contributed by atoms with E-state index in [0.717, 1.165) is 42.6 Å². The average Bonchev–Trinajstić information content (AvgIpc) is 2.95. The molecule has 4 rings (SSSR count). The topological polar surface area (TPSA) is 36.3 Å². The van der Waals surface area contributed by atoms with E-state index in [4.69, 9.17) is 9.47 Å². The highest BCUT2D eigenvalue weighted by molar-refractivity contribution is 7.98. The van der Waals surface area contributed by atoms with E-state index in [1.807, 2.05) is 24.5 Å². The lowest BCUT2D eigenvalue weighted by Gasteiger charge is -2.10. The molecule has 2 aromatic carbocycles. The number of hydrogen-bond donors (Lipinski definition) is 0. The molecule has 0 radical (unpaired) electrons. The summed E-state index contributed by atoms with van der Waals surface area (Å²) in [6.07, 6.45) is 4.83. The van der Waals surface area contributed by atoms with E-state index in [9.17, 15) is 0 Å². The predicted molar refractivity (Wildman–Crippen MR) is 99.4 cm³/mol. The summed E-state index contributed by atoms with van der Waals surface area (Å²) in [4.78, 5) is 5.68. The van der Waals surface area contributed by atoms with Gasteiger partial charge in [0.05, 0.1) is 19.0 Å². The first-order valence-corrected chi connectivity index (χ1v) is 9.43. The summed E-state index contributed by atoms with van der Waals surface area (Å²) in [7, 11) is 0.